The molecule has 0 fully saturated rings. The minimum atomic E-state index is -0.803. The van der Waals surface area contributed by atoms with Crippen molar-refractivity contribution < 1.29 is 14.8 Å². The van der Waals surface area contributed by atoms with Gasteiger partial charge in [-0.2, -0.15) is 0 Å². The number of aromatic amines is 1. The van der Waals surface area contributed by atoms with Crippen LogP contribution in [0.3, 0.4) is 0 Å². The highest BCUT2D eigenvalue weighted by Crippen LogP contribution is 2.24. The van der Waals surface area contributed by atoms with Crippen LogP contribution in [0, 0.1) is 10.1 Å². The molecule has 0 saturated carbocycles. The maximum atomic E-state index is 10.5. The molecule has 2 heterocycles. The van der Waals surface area contributed by atoms with E-state index in [1.54, 1.807) is 0 Å². The number of ether oxygens (including phenoxy) is 1. The van der Waals surface area contributed by atoms with Crippen LogP contribution in [0.5, 0.6) is 5.75 Å². The standard InChI is InChI=1S/C14H14N4O4/c19-10(6-17-7-14(16-9-17)18(20)21)8-22-13-3-1-2-12-11(13)4-5-15-12/h1-5,7,9-10,15,19H,6,8H2. The summed E-state index contributed by atoms with van der Waals surface area (Å²) >= 11 is 0. The molecule has 2 N–H and O–H groups in total. The maximum absolute atomic E-state index is 10.5. The molecule has 8 nitrogen and oxygen atoms in total. The average molecular weight is 302 g/mol. The van der Waals surface area contributed by atoms with Crippen LogP contribution in [-0.4, -0.2) is 37.3 Å². The SMILES string of the molecule is O=[N+]([O-])c1cn(CC(O)COc2cccc3[nH]ccc23)cn1. The van der Waals surface area contributed by atoms with E-state index in [1.165, 1.54) is 17.1 Å². The number of aliphatic hydroxyl groups excluding tert-OH is 1. The van der Waals surface area contributed by atoms with Crippen LogP contribution in [0.1, 0.15) is 0 Å². The summed E-state index contributed by atoms with van der Waals surface area (Å²) in [5.74, 6) is 0.430. The first kappa shape index (κ1) is 14.1. The van der Waals surface area contributed by atoms with Crippen molar-refractivity contribution in [2.24, 2.45) is 0 Å². The van der Waals surface area contributed by atoms with Gasteiger partial charge in [-0.1, -0.05) is 6.07 Å². The summed E-state index contributed by atoms with van der Waals surface area (Å²) in [5.41, 5.74) is 0.956. The van der Waals surface area contributed by atoms with Crippen molar-refractivity contribution in [3.05, 3.63) is 53.1 Å². The highest BCUT2D eigenvalue weighted by atomic mass is 16.6. The number of aliphatic hydroxyl groups is 1. The number of aromatic nitrogens is 3. The Morgan fingerprint density at radius 2 is 2.32 bits per heavy atom. The summed E-state index contributed by atoms with van der Waals surface area (Å²) in [4.78, 5) is 16.7. The van der Waals surface area contributed by atoms with E-state index in [9.17, 15) is 15.2 Å². The topological polar surface area (TPSA) is 106 Å². The van der Waals surface area contributed by atoms with Crippen molar-refractivity contribution in [2.75, 3.05) is 6.61 Å². The Morgan fingerprint density at radius 1 is 1.45 bits per heavy atom. The van der Waals surface area contributed by atoms with Gasteiger partial charge in [-0.25, -0.2) is 0 Å². The fourth-order valence-corrected chi connectivity index (χ4v) is 2.21. The molecule has 0 aliphatic heterocycles. The van der Waals surface area contributed by atoms with Crippen LogP contribution in [-0.2, 0) is 6.54 Å². The monoisotopic (exact) mass is 302 g/mol. The summed E-state index contributed by atoms with van der Waals surface area (Å²) in [6, 6.07) is 7.52. The molecule has 0 aliphatic carbocycles. The van der Waals surface area contributed by atoms with E-state index in [0.29, 0.717) is 5.75 Å². The summed E-state index contributed by atoms with van der Waals surface area (Å²) in [6.45, 7) is 0.250. The summed E-state index contributed by atoms with van der Waals surface area (Å²) in [7, 11) is 0. The number of H-pyrrole nitrogens is 1. The molecule has 0 saturated heterocycles. The van der Waals surface area contributed by atoms with Crippen LogP contribution < -0.4 is 4.74 Å². The number of hydrogen-bond acceptors (Lipinski definition) is 5. The second-order valence-corrected chi connectivity index (χ2v) is 4.85. The first-order valence-electron chi connectivity index (χ1n) is 6.66. The molecule has 2 aromatic heterocycles. The van der Waals surface area contributed by atoms with E-state index in [-0.39, 0.29) is 19.0 Å². The second-order valence-electron chi connectivity index (χ2n) is 4.85. The Morgan fingerprint density at radius 3 is 3.09 bits per heavy atom. The van der Waals surface area contributed by atoms with Gasteiger partial charge < -0.3 is 29.5 Å². The lowest BCUT2D eigenvalue weighted by atomic mass is 10.2. The molecule has 22 heavy (non-hydrogen) atoms. The van der Waals surface area contributed by atoms with E-state index in [4.69, 9.17) is 4.74 Å². The van der Waals surface area contributed by atoms with Crippen molar-refractivity contribution >= 4 is 16.7 Å². The van der Waals surface area contributed by atoms with Crippen molar-refractivity contribution in [1.82, 2.24) is 14.5 Å². The molecule has 1 aromatic carbocycles. The predicted molar refractivity (Wildman–Crippen MR) is 78.7 cm³/mol. The predicted octanol–water partition coefficient (Wildman–Crippen LogP) is 1.71. The van der Waals surface area contributed by atoms with Gasteiger partial charge in [0.1, 0.15) is 24.7 Å². The minimum Gasteiger partial charge on any atom is -0.490 e. The molecule has 8 heteroatoms. The van der Waals surface area contributed by atoms with Crippen LogP contribution in [0.15, 0.2) is 43.0 Å². The van der Waals surface area contributed by atoms with Gasteiger partial charge in [0.05, 0.1) is 6.54 Å². The Balaban J connectivity index is 1.61. The first-order valence-corrected chi connectivity index (χ1v) is 6.66. The third kappa shape index (κ3) is 2.91. The molecular formula is C14H14N4O4. The van der Waals surface area contributed by atoms with Crippen molar-refractivity contribution in [1.29, 1.82) is 0 Å². The maximum Gasteiger partial charge on any atom is 0.381 e. The van der Waals surface area contributed by atoms with Gasteiger partial charge in [-0.15, -0.1) is 0 Å². The first-order chi connectivity index (χ1) is 10.6. The lowest BCUT2D eigenvalue weighted by Gasteiger charge is -2.13. The molecule has 1 unspecified atom stereocenters. The lowest BCUT2D eigenvalue weighted by Crippen LogP contribution is -2.23. The van der Waals surface area contributed by atoms with Crippen molar-refractivity contribution in [3.63, 3.8) is 0 Å². The summed E-state index contributed by atoms with van der Waals surface area (Å²) < 4.78 is 7.09. The number of nitrogens with zero attached hydrogens (tertiary/aromatic N) is 3. The fraction of sp³-hybridized carbons (Fsp3) is 0.214. The highest BCUT2D eigenvalue weighted by Gasteiger charge is 2.13. The average Bonchev–Trinajstić information content (AvgIpc) is 3.13. The Labute approximate surface area is 125 Å². The zero-order chi connectivity index (χ0) is 15.5. The van der Waals surface area contributed by atoms with Gasteiger partial charge in [0.2, 0.25) is 6.33 Å². The number of hydrogen-bond donors (Lipinski definition) is 2. The molecule has 3 rings (SSSR count). The van der Waals surface area contributed by atoms with Crippen LogP contribution in [0.2, 0.25) is 0 Å². The summed E-state index contributed by atoms with van der Waals surface area (Å²) in [5, 5.41) is 21.5. The fourth-order valence-electron chi connectivity index (χ4n) is 2.21. The van der Waals surface area contributed by atoms with Gasteiger partial charge in [-0.05, 0) is 28.1 Å². The highest BCUT2D eigenvalue weighted by molar-refractivity contribution is 5.85. The minimum absolute atomic E-state index is 0.0796. The molecule has 3 aromatic rings. The van der Waals surface area contributed by atoms with E-state index < -0.39 is 11.0 Å². The van der Waals surface area contributed by atoms with Gasteiger partial charge in [0, 0.05) is 17.1 Å². The molecule has 114 valence electrons. The Bertz CT molecular complexity index is 795. The van der Waals surface area contributed by atoms with E-state index in [1.807, 2.05) is 30.5 Å². The van der Waals surface area contributed by atoms with Gasteiger partial charge in [0.25, 0.3) is 0 Å². The molecule has 0 spiro atoms. The molecule has 0 bridgehead atoms. The molecule has 1 atom stereocenters. The number of benzene rings is 1. The zero-order valence-corrected chi connectivity index (χ0v) is 11.5. The second kappa shape index (κ2) is 5.86. The number of nitro groups is 1. The normalized spacial score (nSPS) is 12.4. The Kier molecular flexibility index (Phi) is 3.75. The molecule has 0 amide bonds. The number of fused-ring (bicyclic) bond motifs is 1. The zero-order valence-electron chi connectivity index (χ0n) is 11.5. The van der Waals surface area contributed by atoms with Crippen molar-refractivity contribution in [2.45, 2.75) is 12.6 Å². The number of nitrogens with one attached hydrogen (secondary N) is 1. The van der Waals surface area contributed by atoms with Gasteiger partial charge in [0.15, 0.2) is 0 Å². The van der Waals surface area contributed by atoms with E-state index in [2.05, 4.69) is 9.97 Å². The van der Waals surface area contributed by atoms with Crippen molar-refractivity contribution in [3.8, 4) is 5.75 Å². The largest absolute Gasteiger partial charge is 0.490 e. The third-order valence-electron chi connectivity index (χ3n) is 3.21. The lowest BCUT2D eigenvalue weighted by molar-refractivity contribution is -0.389. The van der Waals surface area contributed by atoms with Gasteiger partial charge >= 0.3 is 5.82 Å². The van der Waals surface area contributed by atoms with E-state index >= 15 is 0 Å². The summed E-state index contributed by atoms with van der Waals surface area (Å²) in [6.07, 6.45) is 3.60. The molecule has 0 aliphatic rings. The van der Waals surface area contributed by atoms with Crippen LogP contribution in [0.25, 0.3) is 10.9 Å². The number of rotatable bonds is 6. The van der Waals surface area contributed by atoms with Gasteiger partial charge in [-0.3, -0.25) is 0 Å². The quantitative estimate of drug-likeness (QED) is 0.532. The molecular weight excluding hydrogens is 288 g/mol. The van der Waals surface area contributed by atoms with E-state index in [0.717, 1.165) is 10.9 Å². The number of imidazole rings is 1. The molecule has 0 radical (unpaired) electrons. The van der Waals surface area contributed by atoms with Crippen LogP contribution >= 0.6 is 0 Å². The third-order valence-corrected chi connectivity index (χ3v) is 3.21. The van der Waals surface area contributed by atoms with Crippen LogP contribution in [0.4, 0.5) is 5.82 Å². The Hall–Kier alpha value is -2.87. The smallest absolute Gasteiger partial charge is 0.381 e.